The van der Waals surface area contributed by atoms with Crippen molar-refractivity contribution in [1.82, 2.24) is 9.97 Å². The SMILES string of the molecule is N#CCc1ncc(-c2ccc(F)c(F)c2)[nH]1. The topological polar surface area (TPSA) is 52.5 Å². The maximum atomic E-state index is 13.0. The summed E-state index contributed by atoms with van der Waals surface area (Å²) < 4.78 is 25.7. The van der Waals surface area contributed by atoms with Crippen LogP contribution in [0.3, 0.4) is 0 Å². The molecule has 0 saturated heterocycles. The van der Waals surface area contributed by atoms with E-state index in [0.29, 0.717) is 17.1 Å². The highest BCUT2D eigenvalue weighted by Crippen LogP contribution is 2.19. The van der Waals surface area contributed by atoms with Crippen molar-refractivity contribution in [2.75, 3.05) is 0 Å². The molecule has 0 bridgehead atoms. The van der Waals surface area contributed by atoms with Gasteiger partial charge in [-0.2, -0.15) is 5.26 Å². The Kier molecular flexibility index (Phi) is 2.64. The Balaban J connectivity index is 2.36. The van der Waals surface area contributed by atoms with E-state index in [1.807, 2.05) is 6.07 Å². The van der Waals surface area contributed by atoms with Gasteiger partial charge in [0.05, 0.1) is 24.4 Å². The molecule has 0 aliphatic rings. The van der Waals surface area contributed by atoms with E-state index in [4.69, 9.17) is 5.26 Å². The minimum Gasteiger partial charge on any atom is -0.341 e. The number of hydrogen-bond acceptors (Lipinski definition) is 2. The van der Waals surface area contributed by atoms with Crippen molar-refractivity contribution < 1.29 is 8.78 Å². The predicted molar refractivity (Wildman–Crippen MR) is 53.3 cm³/mol. The smallest absolute Gasteiger partial charge is 0.159 e. The summed E-state index contributed by atoms with van der Waals surface area (Å²) in [6, 6.07) is 5.52. The number of hydrogen-bond donors (Lipinski definition) is 1. The van der Waals surface area contributed by atoms with Crippen LogP contribution in [0.2, 0.25) is 0 Å². The Hall–Kier alpha value is -2.22. The second-order valence-electron chi connectivity index (χ2n) is 3.21. The van der Waals surface area contributed by atoms with Crippen molar-refractivity contribution in [2.24, 2.45) is 0 Å². The van der Waals surface area contributed by atoms with Crippen LogP contribution in [0.5, 0.6) is 0 Å². The van der Waals surface area contributed by atoms with Crippen LogP contribution in [0.4, 0.5) is 8.78 Å². The van der Waals surface area contributed by atoms with Gasteiger partial charge in [0, 0.05) is 5.56 Å². The van der Waals surface area contributed by atoms with Gasteiger partial charge in [0.1, 0.15) is 5.82 Å². The average molecular weight is 219 g/mol. The van der Waals surface area contributed by atoms with Gasteiger partial charge in [-0.3, -0.25) is 0 Å². The number of benzene rings is 1. The van der Waals surface area contributed by atoms with Gasteiger partial charge in [0.2, 0.25) is 0 Å². The maximum absolute atomic E-state index is 13.0. The van der Waals surface area contributed by atoms with Gasteiger partial charge in [-0.1, -0.05) is 0 Å². The van der Waals surface area contributed by atoms with Crippen molar-refractivity contribution in [2.45, 2.75) is 6.42 Å². The fourth-order valence-corrected chi connectivity index (χ4v) is 1.34. The van der Waals surface area contributed by atoms with Crippen LogP contribution in [0, 0.1) is 23.0 Å². The van der Waals surface area contributed by atoms with Gasteiger partial charge in [-0.25, -0.2) is 13.8 Å². The third-order valence-corrected chi connectivity index (χ3v) is 2.11. The molecule has 2 rings (SSSR count). The number of nitriles is 1. The van der Waals surface area contributed by atoms with Crippen molar-refractivity contribution in [1.29, 1.82) is 5.26 Å². The molecule has 1 aromatic carbocycles. The van der Waals surface area contributed by atoms with E-state index in [1.165, 1.54) is 12.3 Å². The molecule has 0 spiro atoms. The summed E-state index contributed by atoms with van der Waals surface area (Å²) in [5.41, 5.74) is 1.06. The van der Waals surface area contributed by atoms with E-state index >= 15 is 0 Å². The summed E-state index contributed by atoms with van der Waals surface area (Å²) in [5.74, 6) is -1.29. The molecule has 0 aliphatic carbocycles. The Bertz CT molecular complexity index is 555. The van der Waals surface area contributed by atoms with Crippen molar-refractivity contribution in [3.63, 3.8) is 0 Å². The van der Waals surface area contributed by atoms with Crippen LogP contribution < -0.4 is 0 Å². The second-order valence-corrected chi connectivity index (χ2v) is 3.21. The predicted octanol–water partition coefficient (Wildman–Crippen LogP) is 2.42. The van der Waals surface area contributed by atoms with Crippen LogP contribution in [-0.4, -0.2) is 9.97 Å². The molecule has 0 fully saturated rings. The molecule has 1 N–H and O–H groups in total. The first-order valence-corrected chi connectivity index (χ1v) is 4.57. The summed E-state index contributed by atoms with van der Waals surface area (Å²) in [4.78, 5) is 6.79. The largest absolute Gasteiger partial charge is 0.341 e. The Morgan fingerprint density at radius 2 is 2.12 bits per heavy atom. The fourth-order valence-electron chi connectivity index (χ4n) is 1.34. The van der Waals surface area contributed by atoms with Crippen molar-refractivity contribution in [3.05, 3.63) is 41.9 Å². The third-order valence-electron chi connectivity index (χ3n) is 2.11. The molecule has 80 valence electrons. The minimum absolute atomic E-state index is 0.156. The minimum atomic E-state index is -0.908. The van der Waals surface area contributed by atoms with E-state index < -0.39 is 11.6 Å². The Morgan fingerprint density at radius 3 is 2.81 bits per heavy atom. The van der Waals surface area contributed by atoms with Crippen LogP contribution >= 0.6 is 0 Å². The average Bonchev–Trinajstić information content (AvgIpc) is 2.71. The first-order chi connectivity index (χ1) is 7.70. The second kappa shape index (κ2) is 4.11. The summed E-state index contributed by atoms with van der Waals surface area (Å²) in [6.07, 6.45) is 1.64. The molecule has 2 aromatic rings. The van der Waals surface area contributed by atoms with Crippen LogP contribution in [0.15, 0.2) is 24.4 Å². The summed E-state index contributed by atoms with van der Waals surface area (Å²) in [7, 11) is 0. The highest BCUT2D eigenvalue weighted by atomic mass is 19.2. The highest BCUT2D eigenvalue weighted by Gasteiger charge is 2.06. The van der Waals surface area contributed by atoms with Crippen molar-refractivity contribution in [3.8, 4) is 17.3 Å². The number of imidazole rings is 1. The zero-order chi connectivity index (χ0) is 11.5. The van der Waals surface area contributed by atoms with E-state index in [1.54, 1.807) is 0 Å². The lowest BCUT2D eigenvalue weighted by Gasteiger charge is -1.98. The molecule has 5 heteroatoms. The summed E-state index contributed by atoms with van der Waals surface area (Å²) in [5, 5.41) is 8.46. The Labute approximate surface area is 90.4 Å². The lowest BCUT2D eigenvalue weighted by Crippen LogP contribution is -1.86. The van der Waals surface area contributed by atoms with Gasteiger partial charge >= 0.3 is 0 Å². The lowest BCUT2D eigenvalue weighted by molar-refractivity contribution is 0.509. The fraction of sp³-hybridized carbons (Fsp3) is 0.0909. The normalized spacial score (nSPS) is 10.1. The molecular formula is C11H7F2N3. The molecule has 0 aliphatic heterocycles. The number of aromatic amines is 1. The quantitative estimate of drug-likeness (QED) is 0.843. The van der Waals surface area contributed by atoms with Gasteiger partial charge in [-0.15, -0.1) is 0 Å². The van der Waals surface area contributed by atoms with Gasteiger partial charge in [-0.05, 0) is 18.2 Å². The van der Waals surface area contributed by atoms with Gasteiger partial charge < -0.3 is 4.98 Å². The molecule has 16 heavy (non-hydrogen) atoms. The van der Waals surface area contributed by atoms with E-state index in [9.17, 15) is 8.78 Å². The first-order valence-electron chi connectivity index (χ1n) is 4.57. The highest BCUT2D eigenvalue weighted by molar-refractivity contribution is 5.58. The summed E-state index contributed by atoms with van der Waals surface area (Å²) in [6.45, 7) is 0. The standard InChI is InChI=1S/C11H7F2N3/c12-8-2-1-7(5-9(8)13)10-6-15-11(16-10)3-4-14/h1-2,5-6H,3H2,(H,15,16). The lowest BCUT2D eigenvalue weighted by atomic mass is 10.1. The van der Waals surface area contributed by atoms with Gasteiger partial charge in [0.25, 0.3) is 0 Å². The molecule has 1 heterocycles. The molecule has 0 atom stereocenters. The zero-order valence-electron chi connectivity index (χ0n) is 8.17. The zero-order valence-corrected chi connectivity index (χ0v) is 8.17. The maximum Gasteiger partial charge on any atom is 0.159 e. The number of halogens is 2. The third kappa shape index (κ3) is 1.91. The summed E-state index contributed by atoms with van der Waals surface area (Å²) >= 11 is 0. The van der Waals surface area contributed by atoms with Gasteiger partial charge in [0.15, 0.2) is 11.6 Å². The van der Waals surface area contributed by atoms with Crippen LogP contribution in [-0.2, 0) is 6.42 Å². The van der Waals surface area contributed by atoms with Crippen LogP contribution in [0.25, 0.3) is 11.3 Å². The van der Waals surface area contributed by atoms with E-state index in [0.717, 1.165) is 12.1 Å². The van der Waals surface area contributed by atoms with E-state index in [2.05, 4.69) is 9.97 Å². The number of H-pyrrole nitrogens is 1. The van der Waals surface area contributed by atoms with Crippen molar-refractivity contribution >= 4 is 0 Å². The molecule has 0 radical (unpaired) electrons. The molecule has 0 amide bonds. The first kappa shape index (κ1) is 10.3. The number of rotatable bonds is 2. The number of nitrogens with one attached hydrogen (secondary N) is 1. The number of aromatic nitrogens is 2. The van der Waals surface area contributed by atoms with E-state index in [-0.39, 0.29) is 6.42 Å². The molecule has 1 aromatic heterocycles. The number of nitrogens with zero attached hydrogens (tertiary/aromatic N) is 2. The molecule has 3 nitrogen and oxygen atoms in total. The molecule has 0 unspecified atom stereocenters. The molecular weight excluding hydrogens is 212 g/mol. The Morgan fingerprint density at radius 1 is 1.31 bits per heavy atom. The van der Waals surface area contributed by atoms with Crippen LogP contribution in [0.1, 0.15) is 5.82 Å². The monoisotopic (exact) mass is 219 g/mol. The molecule has 0 saturated carbocycles.